The van der Waals surface area contributed by atoms with E-state index in [2.05, 4.69) is 26.6 Å². The van der Waals surface area contributed by atoms with Gasteiger partial charge in [-0.05, 0) is 52.7 Å². The third kappa shape index (κ3) is 4.04. The number of carbonyl (C=O) groups is 1. The van der Waals surface area contributed by atoms with Crippen LogP contribution in [0.4, 0.5) is 15.8 Å². The Morgan fingerprint density at radius 2 is 1.95 bits per heavy atom. The number of nitrogens with one attached hydrogen (secondary N) is 2. The van der Waals surface area contributed by atoms with Crippen molar-refractivity contribution in [3.8, 4) is 0 Å². The van der Waals surface area contributed by atoms with Crippen molar-refractivity contribution < 1.29 is 9.18 Å². The van der Waals surface area contributed by atoms with Gasteiger partial charge in [0.05, 0.1) is 5.69 Å². The lowest BCUT2D eigenvalue weighted by molar-refractivity contribution is -0.114. The van der Waals surface area contributed by atoms with E-state index in [-0.39, 0.29) is 17.8 Å². The summed E-state index contributed by atoms with van der Waals surface area (Å²) in [5, 5.41) is 5.88. The van der Waals surface area contributed by atoms with Crippen molar-refractivity contribution in [2.24, 2.45) is 0 Å². The number of carbonyl (C=O) groups excluding carboxylic acids is 1. The van der Waals surface area contributed by atoms with Crippen LogP contribution in [0.3, 0.4) is 0 Å². The maximum Gasteiger partial charge on any atom is 0.221 e. The monoisotopic (exact) mass is 350 g/mol. The molecule has 5 heteroatoms. The topological polar surface area (TPSA) is 41.1 Å². The molecule has 1 atom stereocenters. The summed E-state index contributed by atoms with van der Waals surface area (Å²) < 4.78 is 14.5. The SMILES string of the molecule is CC(=O)Nc1cccc(C(C)Nc2c(F)cccc2Br)c1. The molecule has 0 saturated heterocycles. The molecule has 2 N–H and O–H groups in total. The maximum absolute atomic E-state index is 13.8. The second-order valence-corrected chi connectivity index (χ2v) is 5.62. The highest BCUT2D eigenvalue weighted by atomic mass is 79.9. The predicted molar refractivity (Wildman–Crippen MR) is 86.9 cm³/mol. The molecular weight excluding hydrogens is 335 g/mol. The van der Waals surface area contributed by atoms with Gasteiger partial charge in [-0.3, -0.25) is 4.79 Å². The number of halogens is 2. The molecule has 110 valence electrons. The highest BCUT2D eigenvalue weighted by Crippen LogP contribution is 2.29. The number of amides is 1. The minimum absolute atomic E-state index is 0.105. The number of anilines is 2. The fourth-order valence-corrected chi connectivity index (χ4v) is 2.48. The van der Waals surface area contributed by atoms with Gasteiger partial charge in [-0.2, -0.15) is 0 Å². The fourth-order valence-electron chi connectivity index (χ4n) is 2.02. The van der Waals surface area contributed by atoms with Crippen LogP contribution in [0.1, 0.15) is 25.5 Å². The summed E-state index contributed by atoms with van der Waals surface area (Å²) in [6, 6.07) is 12.2. The second-order valence-electron chi connectivity index (χ2n) is 4.77. The molecule has 0 fully saturated rings. The average molecular weight is 351 g/mol. The molecule has 0 aliphatic carbocycles. The molecule has 2 aromatic rings. The van der Waals surface area contributed by atoms with Crippen molar-refractivity contribution in [3.63, 3.8) is 0 Å². The highest BCUT2D eigenvalue weighted by Gasteiger charge is 2.11. The first-order valence-electron chi connectivity index (χ1n) is 6.55. The van der Waals surface area contributed by atoms with E-state index >= 15 is 0 Å². The lowest BCUT2D eigenvalue weighted by Crippen LogP contribution is -2.10. The molecule has 1 amide bonds. The third-order valence-corrected chi connectivity index (χ3v) is 3.69. The van der Waals surface area contributed by atoms with Gasteiger partial charge in [-0.25, -0.2) is 4.39 Å². The van der Waals surface area contributed by atoms with Gasteiger partial charge in [-0.15, -0.1) is 0 Å². The Kier molecular flexibility index (Phi) is 4.96. The molecule has 0 spiro atoms. The summed E-state index contributed by atoms with van der Waals surface area (Å²) in [6.07, 6.45) is 0. The van der Waals surface area contributed by atoms with Crippen molar-refractivity contribution in [3.05, 3.63) is 58.3 Å². The first-order valence-corrected chi connectivity index (χ1v) is 7.35. The van der Waals surface area contributed by atoms with Crippen LogP contribution in [-0.4, -0.2) is 5.91 Å². The normalized spacial score (nSPS) is 11.8. The van der Waals surface area contributed by atoms with Crippen LogP contribution >= 0.6 is 15.9 Å². The summed E-state index contributed by atoms with van der Waals surface area (Å²) in [5.41, 5.74) is 2.10. The summed E-state index contributed by atoms with van der Waals surface area (Å²) in [4.78, 5) is 11.1. The summed E-state index contributed by atoms with van der Waals surface area (Å²) in [5.74, 6) is -0.432. The Balaban J connectivity index is 2.20. The molecule has 2 aromatic carbocycles. The molecule has 0 aliphatic heterocycles. The zero-order chi connectivity index (χ0) is 15.4. The van der Waals surface area contributed by atoms with E-state index in [0.29, 0.717) is 10.2 Å². The molecule has 0 saturated carbocycles. The summed E-state index contributed by atoms with van der Waals surface area (Å²) in [6.45, 7) is 3.40. The van der Waals surface area contributed by atoms with Gasteiger partial charge < -0.3 is 10.6 Å². The highest BCUT2D eigenvalue weighted by molar-refractivity contribution is 9.10. The number of rotatable bonds is 4. The Labute approximate surface area is 131 Å². The van der Waals surface area contributed by atoms with Crippen LogP contribution in [-0.2, 0) is 4.79 Å². The van der Waals surface area contributed by atoms with Crippen LogP contribution < -0.4 is 10.6 Å². The Morgan fingerprint density at radius 1 is 1.24 bits per heavy atom. The Morgan fingerprint density at radius 3 is 2.62 bits per heavy atom. The van der Waals surface area contributed by atoms with E-state index in [1.165, 1.54) is 13.0 Å². The lowest BCUT2D eigenvalue weighted by atomic mass is 10.1. The molecule has 0 bridgehead atoms. The van der Waals surface area contributed by atoms with Crippen LogP contribution in [0.25, 0.3) is 0 Å². The first-order chi connectivity index (χ1) is 9.97. The van der Waals surface area contributed by atoms with Crippen molar-refractivity contribution in [1.82, 2.24) is 0 Å². The molecule has 2 rings (SSSR count). The van der Waals surface area contributed by atoms with Crippen LogP contribution in [0, 0.1) is 5.82 Å². The standard InChI is InChI=1S/C16H16BrFN2O/c1-10(19-16-14(17)7-4-8-15(16)18)12-5-3-6-13(9-12)20-11(2)21/h3-10,19H,1-2H3,(H,20,21). The zero-order valence-corrected chi connectivity index (χ0v) is 13.4. The first kappa shape index (κ1) is 15.5. The van der Waals surface area contributed by atoms with E-state index < -0.39 is 0 Å². The van der Waals surface area contributed by atoms with Gasteiger partial charge in [0.25, 0.3) is 0 Å². The summed E-state index contributed by atoms with van der Waals surface area (Å²) in [7, 11) is 0. The summed E-state index contributed by atoms with van der Waals surface area (Å²) >= 11 is 3.34. The third-order valence-electron chi connectivity index (χ3n) is 3.03. The number of hydrogen-bond donors (Lipinski definition) is 2. The van der Waals surface area contributed by atoms with Gasteiger partial charge in [0.2, 0.25) is 5.91 Å². The van der Waals surface area contributed by atoms with E-state index in [9.17, 15) is 9.18 Å². The molecular formula is C16H16BrFN2O. The molecule has 0 radical (unpaired) electrons. The molecule has 21 heavy (non-hydrogen) atoms. The molecule has 0 aromatic heterocycles. The van der Waals surface area contributed by atoms with Crippen LogP contribution in [0.5, 0.6) is 0 Å². The molecule has 0 aliphatic rings. The minimum atomic E-state index is -0.311. The Hall–Kier alpha value is -1.88. The van der Waals surface area contributed by atoms with E-state index in [1.807, 2.05) is 31.2 Å². The molecule has 1 unspecified atom stereocenters. The smallest absolute Gasteiger partial charge is 0.221 e. The van der Waals surface area contributed by atoms with Gasteiger partial charge in [0, 0.05) is 23.1 Å². The van der Waals surface area contributed by atoms with Crippen LogP contribution in [0.15, 0.2) is 46.9 Å². The Bertz CT molecular complexity index is 640. The second kappa shape index (κ2) is 6.72. The maximum atomic E-state index is 13.8. The van der Waals surface area contributed by atoms with Crippen molar-refractivity contribution in [2.75, 3.05) is 10.6 Å². The van der Waals surface area contributed by atoms with Crippen LogP contribution in [0.2, 0.25) is 0 Å². The molecule has 0 heterocycles. The average Bonchev–Trinajstić information content (AvgIpc) is 2.42. The van der Waals surface area contributed by atoms with Gasteiger partial charge >= 0.3 is 0 Å². The van der Waals surface area contributed by atoms with Crippen molar-refractivity contribution >= 4 is 33.2 Å². The largest absolute Gasteiger partial charge is 0.375 e. The number of benzene rings is 2. The quantitative estimate of drug-likeness (QED) is 0.837. The van der Waals surface area contributed by atoms with Gasteiger partial charge in [0.1, 0.15) is 5.82 Å². The van der Waals surface area contributed by atoms with E-state index in [0.717, 1.165) is 11.3 Å². The predicted octanol–water partition coefficient (Wildman–Crippen LogP) is 4.72. The lowest BCUT2D eigenvalue weighted by Gasteiger charge is -2.18. The van der Waals surface area contributed by atoms with E-state index in [1.54, 1.807) is 12.1 Å². The van der Waals surface area contributed by atoms with Gasteiger partial charge in [0.15, 0.2) is 0 Å². The van der Waals surface area contributed by atoms with Crippen molar-refractivity contribution in [1.29, 1.82) is 0 Å². The van der Waals surface area contributed by atoms with Gasteiger partial charge in [-0.1, -0.05) is 18.2 Å². The minimum Gasteiger partial charge on any atom is -0.375 e. The number of hydrogen-bond acceptors (Lipinski definition) is 2. The van der Waals surface area contributed by atoms with Crippen molar-refractivity contribution in [2.45, 2.75) is 19.9 Å². The number of para-hydroxylation sites is 1. The zero-order valence-electron chi connectivity index (χ0n) is 11.8. The fraction of sp³-hybridized carbons (Fsp3) is 0.188. The van der Waals surface area contributed by atoms with E-state index in [4.69, 9.17) is 0 Å². The molecule has 3 nitrogen and oxygen atoms in total.